The molecule has 0 spiro atoms. The van der Waals surface area contributed by atoms with Gasteiger partial charge in [-0.3, -0.25) is 9.69 Å². The zero-order valence-electron chi connectivity index (χ0n) is 10.6. The van der Waals surface area contributed by atoms with Crippen LogP contribution in [0, 0.1) is 0 Å². The van der Waals surface area contributed by atoms with Gasteiger partial charge in [0.25, 0.3) is 0 Å². The first-order chi connectivity index (χ1) is 8.72. The SMILES string of the molecule is CC(C(=O)NCc1ccco1)N1CCC[C@H]1CO. The van der Waals surface area contributed by atoms with Crippen LogP contribution < -0.4 is 5.32 Å². The average molecular weight is 252 g/mol. The molecule has 1 saturated heterocycles. The predicted octanol–water partition coefficient (Wildman–Crippen LogP) is 0.741. The van der Waals surface area contributed by atoms with Crippen LogP contribution in [0.15, 0.2) is 22.8 Å². The first-order valence-corrected chi connectivity index (χ1v) is 6.39. The van der Waals surface area contributed by atoms with E-state index in [0.717, 1.165) is 25.1 Å². The summed E-state index contributed by atoms with van der Waals surface area (Å²) in [6.45, 7) is 3.29. The highest BCUT2D eigenvalue weighted by atomic mass is 16.3. The molecule has 1 aromatic heterocycles. The van der Waals surface area contributed by atoms with Crippen LogP contribution in [0.2, 0.25) is 0 Å². The zero-order chi connectivity index (χ0) is 13.0. The van der Waals surface area contributed by atoms with E-state index in [0.29, 0.717) is 6.54 Å². The first-order valence-electron chi connectivity index (χ1n) is 6.39. The second-order valence-corrected chi connectivity index (χ2v) is 4.69. The number of nitrogens with one attached hydrogen (secondary N) is 1. The number of hydrogen-bond donors (Lipinski definition) is 2. The Bertz CT molecular complexity index is 378. The fraction of sp³-hybridized carbons (Fsp3) is 0.615. The normalized spacial score (nSPS) is 22.0. The molecule has 0 saturated carbocycles. The van der Waals surface area contributed by atoms with Crippen LogP contribution in [0.1, 0.15) is 25.5 Å². The molecule has 1 aliphatic heterocycles. The van der Waals surface area contributed by atoms with Crippen molar-refractivity contribution in [1.82, 2.24) is 10.2 Å². The number of rotatable bonds is 5. The molecule has 5 heteroatoms. The highest BCUT2D eigenvalue weighted by Gasteiger charge is 2.31. The van der Waals surface area contributed by atoms with E-state index >= 15 is 0 Å². The Balaban J connectivity index is 1.84. The monoisotopic (exact) mass is 252 g/mol. The van der Waals surface area contributed by atoms with Crippen LogP contribution in [0.4, 0.5) is 0 Å². The molecule has 18 heavy (non-hydrogen) atoms. The Labute approximate surface area is 107 Å². The molecule has 1 fully saturated rings. The van der Waals surface area contributed by atoms with Gasteiger partial charge >= 0.3 is 0 Å². The smallest absolute Gasteiger partial charge is 0.237 e. The van der Waals surface area contributed by atoms with Gasteiger partial charge in [-0.2, -0.15) is 0 Å². The molecule has 0 aliphatic carbocycles. The van der Waals surface area contributed by atoms with Gasteiger partial charge in [-0.1, -0.05) is 0 Å². The first kappa shape index (κ1) is 13.1. The van der Waals surface area contributed by atoms with Crippen molar-refractivity contribution in [2.24, 2.45) is 0 Å². The summed E-state index contributed by atoms with van der Waals surface area (Å²) in [6.07, 6.45) is 3.60. The summed E-state index contributed by atoms with van der Waals surface area (Å²) in [7, 11) is 0. The van der Waals surface area contributed by atoms with Gasteiger partial charge < -0.3 is 14.8 Å². The van der Waals surface area contributed by atoms with Crippen molar-refractivity contribution in [1.29, 1.82) is 0 Å². The van der Waals surface area contributed by atoms with Crippen molar-refractivity contribution in [2.75, 3.05) is 13.2 Å². The van der Waals surface area contributed by atoms with E-state index in [9.17, 15) is 9.90 Å². The van der Waals surface area contributed by atoms with Crippen molar-refractivity contribution in [3.8, 4) is 0 Å². The van der Waals surface area contributed by atoms with E-state index in [1.165, 1.54) is 0 Å². The molecule has 1 aromatic rings. The van der Waals surface area contributed by atoms with Crippen LogP contribution in [0.5, 0.6) is 0 Å². The number of furan rings is 1. The molecule has 5 nitrogen and oxygen atoms in total. The maximum atomic E-state index is 12.0. The zero-order valence-corrected chi connectivity index (χ0v) is 10.6. The molecule has 2 N–H and O–H groups in total. The van der Waals surface area contributed by atoms with E-state index in [1.807, 2.05) is 13.0 Å². The average Bonchev–Trinajstić information content (AvgIpc) is 3.05. The van der Waals surface area contributed by atoms with Gasteiger partial charge in [-0.25, -0.2) is 0 Å². The lowest BCUT2D eigenvalue weighted by atomic mass is 10.2. The molecule has 1 aliphatic rings. The summed E-state index contributed by atoms with van der Waals surface area (Å²) in [6, 6.07) is 3.54. The molecule has 0 radical (unpaired) electrons. The minimum atomic E-state index is -0.209. The minimum absolute atomic E-state index is 0.0215. The van der Waals surface area contributed by atoms with Crippen LogP contribution in [0.3, 0.4) is 0 Å². The molecular formula is C13H20N2O3. The van der Waals surface area contributed by atoms with Crippen LogP contribution >= 0.6 is 0 Å². The molecule has 100 valence electrons. The number of aliphatic hydroxyl groups excluding tert-OH is 1. The van der Waals surface area contributed by atoms with Gasteiger partial charge in [0.2, 0.25) is 5.91 Å². The van der Waals surface area contributed by atoms with Crippen molar-refractivity contribution in [3.05, 3.63) is 24.2 Å². The van der Waals surface area contributed by atoms with Gasteiger partial charge in [0.05, 0.1) is 25.5 Å². The van der Waals surface area contributed by atoms with Crippen LogP contribution in [-0.2, 0) is 11.3 Å². The Morgan fingerprint density at radius 1 is 1.72 bits per heavy atom. The fourth-order valence-corrected chi connectivity index (χ4v) is 2.45. The van der Waals surface area contributed by atoms with E-state index in [2.05, 4.69) is 10.2 Å². The largest absolute Gasteiger partial charge is 0.467 e. The fourth-order valence-electron chi connectivity index (χ4n) is 2.45. The summed E-state index contributed by atoms with van der Waals surface area (Å²) >= 11 is 0. The predicted molar refractivity (Wildman–Crippen MR) is 66.8 cm³/mol. The minimum Gasteiger partial charge on any atom is -0.467 e. The highest BCUT2D eigenvalue weighted by molar-refractivity contribution is 5.81. The third-order valence-electron chi connectivity index (χ3n) is 3.53. The molecule has 1 amide bonds. The van der Waals surface area contributed by atoms with E-state index < -0.39 is 0 Å². The number of carbonyl (C=O) groups excluding carboxylic acids is 1. The van der Waals surface area contributed by atoms with Crippen LogP contribution in [0.25, 0.3) is 0 Å². The quantitative estimate of drug-likeness (QED) is 0.811. The lowest BCUT2D eigenvalue weighted by Crippen LogP contribution is -2.48. The molecular weight excluding hydrogens is 232 g/mol. The maximum absolute atomic E-state index is 12.0. The summed E-state index contributed by atoms with van der Waals surface area (Å²) in [4.78, 5) is 14.1. The number of amides is 1. The Morgan fingerprint density at radius 3 is 3.22 bits per heavy atom. The van der Waals surface area contributed by atoms with Gasteiger partial charge in [-0.15, -0.1) is 0 Å². The summed E-state index contributed by atoms with van der Waals surface area (Å²) in [5, 5.41) is 12.1. The van der Waals surface area contributed by atoms with E-state index in [4.69, 9.17) is 4.42 Å². The van der Waals surface area contributed by atoms with Gasteiger partial charge in [0.15, 0.2) is 0 Å². The molecule has 1 unspecified atom stereocenters. The Hall–Kier alpha value is -1.33. The number of aliphatic hydroxyl groups is 1. The third kappa shape index (κ3) is 2.91. The van der Waals surface area contributed by atoms with Gasteiger partial charge in [0.1, 0.15) is 5.76 Å². The Morgan fingerprint density at radius 2 is 2.56 bits per heavy atom. The van der Waals surface area contributed by atoms with E-state index in [-0.39, 0.29) is 24.6 Å². The van der Waals surface area contributed by atoms with Crippen molar-refractivity contribution in [2.45, 2.75) is 38.4 Å². The number of likely N-dealkylation sites (tertiary alicyclic amines) is 1. The van der Waals surface area contributed by atoms with E-state index in [1.54, 1.807) is 12.3 Å². The molecule has 0 aromatic carbocycles. The van der Waals surface area contributed by atoms with Gasteiger partial charge in [-0.05, 0) is 38.4 Å². The second kappa shape index (κ2) is 6.02. The maximum Gasteiger partial charge on any atom is 0.237 e. The van der Waals surface area contributed by atoms with Crippen molar-refractivity contribution < 1.29 is 14.3 Å². The van der Waals surface area contributed by atoms with Crippen LogP contribution in [-0.4, -0.2) is 41.1 Å². The summed E-state index contributed by atoms with van der Waals surface area (Å²) < 4.78 is 5.16. The lowest BCUT2D eigenvalue weighted by molar-refractivity contribution is -0.126. The standard InChI is InChI=1S/C13H20N2O3/c1-10(15-6-2-4-11(15)9-16)13(17)14-8-12-5-3-7-18-12/h3,5,7,10-11,16H,2,4,6,8-9H2,1H3,(H,14,17)/t10?,11-/m0/s1. The lowest BCUT2D eigenvalue weighted by Gasteiger charge is -2.28. The van der Waals surface area contributed by atoms with Gasteiger partial charge in [0, 0.05) is 6.04 Å². The molecule has 2 atom stereocenters. The molecule has 2 heterocycles. The molecule has 0 bridgehead atoms. The number of carbonyl (C=O) groups is 1. The highest BCUT2D eigenvalue weighted by Crippen LogP contribution is 2.19. The third-order valence-corrected chi connectivity index (χ3v) is 3.53. The Kier molecular flexibility index (Phi) is 4.38. The van der Waals surface area contributed by atoms with Crippen molar-refractivity contribution in [3.63, 3.8) is 0 Å². The molecule has 2 rings (SSSR count). The van der Waals surface area contributed by atoms with Crippen molar-refractivity contribution >= 4 is 5.91 Å². The topological polar surface area (TPSA) is 65.7 Å². The summed E-state index contributed by atoms with van der Waals surface area (Å²) in [5.41, 5.74) is 0. The number of nitrogens with zero attached hydrogens (tertiary/aromatic N) is 1. The summed E-state index contributed by atoms with van der Waals surface area (Å²) in [5.74, 6) is 0.724. The second-order valence-electron chi connectivity index (χ2n) is 4.69. The number of hydrogen-bond acceptors (Lipinski definition) is 4.